The van der Waals surface area contributed by atoms with E-state index in [1.807, 2.05) is 12.5 Å². The highest BCUT2D eigenvalue weighted by molar-refractivity contribution is 8.00. The number of carbonyl (C=O) groups excluding carboxylic acids is 2. The maximum atomic E-state index is 12.2. The standard InChI is InChI=1S/C20H23N5O3S/c1-13-24-25-20(28-13)15-5-7-16(8-6-15)22-18(26)19(27)23-17-9-4-14(12-21-17)10-11-29(2)3/h4,9,12,15-16H,5-8H2,1-3H3,(H-,21,22,23,26,27)/p+1. The first-order valence-electron chi connectivity index (χ1n) is 9.38. The lowest BCUT2D eigenvalue weighted by Gasteiger charge is -2.26. The smallest absolute Gasteiger partial charge is 0.314 e. The molecule has 0 unspecified atom stereocenters. The fourth-order valence-corrected chi connectivity index (χ4v) is 3.41. The second kappa shape index (κ2) is 9.56. The average Bonchev–Trinajstić information content (AvgIpc) is 3.14. The number of amides is 2. The summed E-state index contributed by atoms with van der Waals surface area (Å²) in [5.74, 6) is 3.36. The van der Waals surface area contributed by atoms with Gasteiger partial charge in [-0.05, 0) is 43.7 Å². The highest BCUT2D eigenvalue weighted by Crippen LogP contribution is 2.32. The molecule has 1 saturated carbocycles. The summed E-state index contributed by atoms with van der Waals surface area (Å²) in [6, 6.07) is 3.35. The van der Waals surface area contributed by atoms with Gasteiger partial charge in [0.1, 0.15) is 18.3 Å². The van der Waals surface area contributed by atoms with Crippen molar-refractivity contribution in [3.63, 3.8) is 0 Å². The van der Waals surface area contributed by atoms with Gasteiger partial charge in [-0.15, -0.1) is 10.2 Å². The van der Waals surface area contributed by atoms with Crippen LogP contribution in [-0.4, -0.2) is 45.5 Å². The van der Waals surface area contributed by atoms with Crippen molar-refractivity contribution in [2.24, 2.45) is 0 Å². The Hall–Kier alpha value is -2.86. The van der Waals surface area contributed by atoms with E-state index in [-0.39, 0.29) is 22.9 Å². The highest BCUT2D eigenvalue weighted by atomic mass is 32.2. The second-order valence-electron chi connectivity index (χ2n) is 7.11. The van der Waals surface area contributed by atoms with Gasteiger partial charge in [-0.3, -0.25) is 9.59 Å². The second-order valence-corrected chi connectivity index (χ2v) is 8.95. The molecule has 1 aliphatic rings. The highest BCUT2D eigenvalue weighted by Gasteiger charge is 2.28. The Balaban J connectivity index is 1.46. The zero-order valence-corrected chi connectivity index (χ0v) is 17.5. The summed E-state index contributed by atoms with van der Waals surface area (Å²) >= 11 is 0. The molecular weight excluding hydrogens is 390 g/mol. The van der Waals surface area contributed by atoms with E-state index in [9.17, 15) is 9.59 Å². The number of carbonyl (C=O) groups is 2. The summed E-state index contributed by atoms with van der Waals surface area (Å²) in [7, 11) is 0.0237. The zero-order valence-electron chi connectivity index (χ0n) is 16.7. The van der Waals surface area contributed by atoms with Crippen LogP contribution in [0.3, 0.4) is 0 Å². The van der Waals surface area contributed by atoms with E-state index in [2.05, 4.69) is 37.0 Å². The molecule has 0 radical (unpaired) electrons. The van der Waals surface area contributed by atoms with Crippen LogP contribution < -0.4 is 10.6 Å². The molecule has 9 heteroatoms. The Labute approximate surface area is 172 Å². The van der Waals surface area contributed by atoms with Crippen molar-refractivity contribution in [2.45, 2.75) is 44.6 Å². The van der Waals surface area contributed by atoms with Gasteiger partial charge in [-0.25, -0.2) is 4.98 Å². The molecule has 0 spiro atoms. The van der Waals surface area contributed by atoms with Crippen LogP contribution in [0.25, 0.3) is 0 Å². The van der Waals surface area contributed by atoms with Crippen molar-refractivity contribution in [3.05, 3.63) is 35.7 Å². The van der Waals surface area contributed by atoms with E-state index < -0.39 is 11.8 Å². The Morgan fingerprint density at radius 3 is 2.48 bits per heavy atom. The molecule has 1 aliphatic carbocycles. The van der Waals surface area contributed by atoms with E-state index >= 15 is 0 Å². The number of aryl methyl sites for hydroxylation is 1. The third-order valence-corrected chi connectivity index (χ3v) is 5.07. The molecular formula is C20H24N5O3S+. The Bertz CT molecular complexity index is 922. The van der Waals surface area contributed by atoms with Crippen LogP contribution in [-0.2, 0) is 20.5 Å². The average molecular weight is 415 g/mol. The lowest BCUT2D eigenvalue weighted by Crippen LogP contribution is -2.43. The summed E-state index contributed by atoms with van der Waals surface area (Å²) in [5.41, 5.74) is 0.766. The van der Waals surface area contributed by atoms with Crippen molar-refractivity contribution < 1.29 is 14.0 Å². The van der Waals surface area contributed by atoms with E-state index in [0.29, 0.717) is 17.6 Å². The first-order valence-corrected chi connectivity index (χ1v) is 11.4. The lowest BCUT2D eigenvalue weighted by molar-refractivity contribution is -0.136. The minimum absolute atomic E-state index is 0.0237. The Morgan fingerprint density at radius 1 is 1.14 bits per heavy atom. The quantitative estimate of drug-likeness (QED) is 0.450. The molecule has 0 atom stereocenters. The molecule has 2 N–H and O–H groups in total. The van der Waals surface area contributed by atoms with E-state index in [1.165, 1.54) is 0 Å². The van der Waals surface area contributed by atoms with E-state index in [4.69, 9.17) is 4.42 Å². The SMILES string of the molecule is Cc1nnc(C2CCC(NC(=O)C(=O)Nc3ccc(C#C[S+](C)C)cn3)CC2)o1. The van der Waals surface area contributed by atoms with E-state index in [0.717, 1.165) is 31.2 Å². The summed E-state index contributed by atoms with van der Waals surface area (Å²) < 4.78 is 5.49. The Morgan fingerprint density at radius 2 is 1.90 bits per heavy atom. The third kappa shape index (κ3) is 6.06. The van der Waals surface area contributed by atoms with Crippen molar-refractivity contribution in [3.8, 4) is 11.2 Å². The van der Waals surface area contributed by atoms with Crippen LogP contribution in [0.1, 0.15) is 48.9 Å². The summed E-state index contributed by atoms with van der Waals surface area (Å²) in [6.07, 6.45) is 8.82. The van der Waals surface area contributed by atoms with Gasteiger partial charge in [0.2, 0.25) is 11.8 Å². The number of hydrogen-bond donors (Lipinski definition) is 2. The molecule has 8 nitrogen and oxygen atoms in total. The first-order chi connectivity index (χ1) is 13.9. The molecule has 2 heterocycles. The third-order valence-electron chi connectivity index (χ3n) is 4.56. The van der Waals surface area contributed by atoms with Crippen LogP contribution in [0.15, 0.2) is 22.7 Å². The van der Waals surface area contributed by atoms with Gasteiger partial charge in [-0.1, -0.05) is 0 Å². The maximum Gasteiger partial charge on any atom is 0.314 e. The normalized spacial score (nSPS) is 18.6. The topological polar surface area (TPSA) is 110 Å². The van der Waals surface area contributed by atoms with Gasteiger partial charge in [0.25, 0.3) is 0 Å². The number of nitrogens with zero attached hydrogens (tertiary/aromatic N) is 3. The first kappa shape index (κ1) is 20.9. The minimum Gasteiger partial charge on any atom is -0.425 e. The van der Waals surface area contributed by atoms with Crippen LogP contribution in [0.2, 0.25) is 0 Å². The van der Waals surface area contributed by atoms with Gasteiger partial charge in [-0.2, -0.15) is 0 Å². The van der Waals surface area contributed by atoms with Crippen LogP contribution >= 0.6 is 0 Å². The van der Waals surface area contributed by atoms with Gasteiger partial charge in [0, 0.05) is 30.6 Å². The molecule has 2 amide bonds. The molecule has 0 bridgehead atoms. The molecule has 0 aliphatic heterocycles. The monoisotopic (exact) mass is 414 g/mol. The van der Waals surface area contributed by atoms with Crippen LogP contribution in [0.4, 0.5) is 5.82 Å². The molecule has 0 saturated heterocycles. The molecule has 2 aromatic rings. The van der Waals surface area contributed by atoms with Gasteiger partial charge in [0.15, 0.2) is 5.25 Å². The largest absolute Gasteiger partial charge is 0.425 e. The van der Waals surface area contributed by atoms with Crippen molar-refractivity contribution in [1.82, 2.24) is 20.5 Å². The number of hydrogen-bond acceptors (Lipinski definition) is 6. The lowest BCUT2D eigenvalue weighted by atomic mass is 9.86. The molecule has 2 aromatic heterocycles. The predicted molar refractivity (Wildman–Crippen MR) is 111 cm³/mol. The van der Waals surface area contributed by atoms with Crippen molar-refractivity contribution in [2.75, 3.05) is 17.8 Å². The predicted octanol–water partition coefficient (Wildman–Crippen LogP) is 1.74. The molecule has 0 aromatic carbocycles. The fourth-order valence-electron chi connectivity index (χ4n) is 3.09. The molecule has 1 fully saturated rings. The molecule has 152 valence electrons. The number of anilines is 1. The molecule has 3 rings (SSSR count). The fraction of sp³-hybridized carbons (Fsp3) is 0.450. The summed E-state index contributed by atoms with van der Waals surface area (Å²) in [6.45, 7) is 1.77. The van der Waals surface area contributed by atoms with E-state index in [1.54, 1.807) is 25.3 Å². The summed E-state index contributed by atoms with van der Waals surface area (Å²) in [4.78, 5) is 28.5. The number of rotatable bonds is 3. The van der Waals surface area contributed by atoms with Gasteiger partial charge in [0.05, 0.1) is 10.9 Å². The maximum absolute atomic E-state index is 12.2. The zero-order chi connectivity index (χ0) is 20.8. The number of nitrogens with one attached hydrogen (secondary N) is 2. The molecule has 29 heavy (non-hydrogen) atoms. The van der Waals surface area contributed by atoms with Gasteiger partial charge < -0.3 is 15.1 Å². The van der Waals surface area contributed by atoms with Gasteiger partial charge >= 0.3 is 11.8 Å². The minimum atomic E-state index is -0.727. The van der Waals surface area contributed by atoms with Crippen LogP contribution in [0.5, 0.6) is 0 Å². The van der Waals surface area contributed by atoms with Crippen molar-refractivity contribution in [1.29, 1.82) is 0 Å². The number of aromatic nitrogens is 3. The Kier molecular flexibility index (Phi) is 6.88. The number of pyridine rings is 1. The van der Waals surface area contributed by atoms with Crippen molar-refractivity contribution >= 4 is 28.5 Å². The summed E-state index contributed by atoms with van der Waals surface area (Å²) in [5, 5.41) is 16.3. The van der Waals surface area contributed by atoms with Crippen LogP contribution in [0, 0.1) is 18.1 Å².